The highest BCUT2D eigenvalue weighted by Gasteiger charge is 2.35. The zero-order valence-corrected chi connectivity index (χ0v) is 47.7. The fourth-order valence-corrected chi connectivity index (χ4v) is 10.2. The molecule has 5 heterocycles. The van der Waals surface area contributed by atoms with Crippen LogP contribution in [0.25, 0.3) is 0 Å². The lowest BCUT2D eigenvalue weighted by atomic mass is 10.1. The molecule has 442 valence electrons. The number of aliphatic hydroxyl groups is 1. The van der Waals surface area contributed by atoms with Gasteiger partial charge in [0.05, 0.1) is 65.9 Å². The Labute approximate surface area is 501 Å². The minimum atomic E-state index is -0.557. The number of nitro benzene ring substituents is 3. The minimum Gasteiger partial charge on any atom is -0.461 e. The number of nitrogen functional groups attached to an aromatic ring is 1. The van der Waals surface area contributed by atoms with Crippen molar-refractivity contribution in [1.29, 1.82) is 0 Å². The van der Waals surface area contributed by atoms with Crippen LogP contribution in [0.1, 0.15) is 56.2 Å². The van der Waals surface area contributed by atoms with Crippen LogP contribution in [0.2, 0.25) is 8.67 Å². The van der Waals surface area contributed by atoms with Crippen molar-refractivity contribution in [2.75, 3.05) is 46.7 Å². The SMILES string of the molecule is Nc1ccc(N2C[C@H](CCC(=O)c3ccc(Cl)s3)OC2=O)cc1.O=C(CC[C@H]1CN(c2ccc([N+](=O)[O-])cc2)C(=O)O1)c1ccc(Cl)s1.O=C(Cc1ccc([N+](=O)[O-])cc1)OCc1ccccc1.O=C1O[C@@H](CO)CN1c1ccc([N+](=O)[O-])cc1. The quantitative estimate of drug-likeness (QED) is 0.0190. The van der Waals surface area contributed by atoms with Gasteiger partial charge in [-0.3, -0.25) is 59.4 Å². The van der Waals surface area contributed by atoms with E-state index in [1.165, 1.54) is 93.1 Å². The van der Waals surface area contributed by atoms with Crippen LogP contribution < -0.4 is 20.4 Å². The van der Waals surface area contributed by atoms with Gasteiger partial charge in [0.25, 0.3) is 17.1 Å². The molecule has 3 saturated heterocycles. The summed E-state index contributed by atoms with van der Waals surface area (Å²) < 4.78 is 21.8. The van der Waals surface area contributed by atoms with E-state index in [1.54, 1.807) is 65.6 Å². The molecule has 3 N–H and O–H groups in total. The first kappa shape index (κ1) is 63.2. The Bertz CT molecular complexity index is 3500. The molecule has 28 heteroatoms. The normalized spacial score (nSPS) is 15.8. The molecule has 3 atom stereocenters. The Balaban J connectivity index is 0.000000164. The highest BCUT2D eigenvalue weighted by Crippen LogP contribution is 2.30. The van der Waals surface area contributed by atoms with Crippen LogP contribution in [0.4, 0.5) is 54.2 Å². The molecular formula is C57H51Cl2N7O17S2. The second kappa shape index (κ2) is 30.3. The van der Waals surface area contributed by atoms with E-state index in [-0.39, 0.29) is 73.3 Å². The van der Waals surface area contributed by atoms with Gasteiger partial charge in [0.2, 0.25) is 0 Å². The molecule has 2 aromatic heterocycles. The van der Waals surface area contributed by atoms with Crippen LogP contribution in [-0.2, 0) is 36.8 Å². The lowest BCUT2D eigenvalue weighted by molar-refractivity contribution is -0.385. The molecule has 3 fully saturated rings. The molecule has 0 bridgehead atoms. The van der Waals surface area contributed by atoms with Crippen LogP contribution in [-0.4, -0.2) is 100 Å². The number of hydrogen-bond donors (Lipinski definition) is 2. The van der Waals surface area contributed by atoms with Gasteiger partial charge >= 0.3 is 24.2 Å². The predicted octanol–water partition coefficient (Wildman–Crippen LogP) is 12.1. The summed E-state index contributed by atoms with van der Waals surface area (Å²) in [5.41, 5.74) is 9.58. The molecular weight excluding hydrogens is 1190 g/mol. The Morgan fingerprint density at radius 2 is 0.918 bits per heavy atom. The molecule has 7 aromatic rings. The van der Waals surface area contributed by atoms with Crippen LogP contribution in [0.15, 0.2) is 152 Å². The summed E-state index contributed by atoms with van der Waals surface area (Å²) in [4.78, 5) is 107. The molecule has 0 unspecified atom stereocenters. The van der Waals surface area contributed by atoms with Crippen molar-refractivity contribution < 1.29 is 67.6 Å². The number of carbonyl (C=O) groups is 6. The van der Waals surface area contributed by atoms with Crippen molar-refractivity contribution in [3.05, 3.63) is 212 Å². The standard InChI is InChI=1S/C16H13ClN2O5S.C16H15ClN2O3S.C15H13NO4.C10H10N2O5/c17-15-8-7-14(25-15)13(20)6-5-12-9-18(16(21)24-12)10-1-3-11(4-2-10)19(22)23;17-15-8-7-14(23-15)13(20)6-5-12-9-19(16(21)22-12)11-3-1-10(18)2-4-11;17-15(20-11-13-4-2-1-3-5-13)10-12-6-8-14(9-7-12)16(18)19;13-6-9-5-11(10(14)17-9)7-1-3-8(4-2-7)12(15)16/h1-4,7-8,12H,5-6,9H2;1-4,7-8,12H,5-6,9,18H2;1-9H,10-11H2;1-4,9,13H,5-6H2/t2*12-;;9-/m00.1/s1. The largest absolute Gasteiger partial charge is 0.461 e. The number of carbonyl (C=O) groups excluding carboxylic acids is 6. The molecule has 10 rings (SSSR count). The van der Waals surface area contributed by atoms with Crippen molar-refractivity contribution in [2.24, 2.45) is 0 Å². The first-order valence-electron chi connectivity index (χ1n) is 25.6. The van der Waals surface area contributed by atoms with Gasteiger partial charge in [-0.2, -0.15) is 0 Å². The summed E-state index contributed by atoms with van der Waals surface area (Å²) in [6, 6.07) is 40.3. The fourth-order valence-electron chi connectivity index (χ4n) is 8.21. The van der Waals surface area contributed by atoms with E-state index in [1.807, 2.05) is 30.3 Å². The molecule has 0 aliphatic carbocycles. The van der Waals surface area contributed by atoms with Gasteiger partial charge in [-0.15, -0.1) is 22.7 Å². The van der Waals surface area contributed by atoms with Gasteiger partial charge in [0.1, 0.15) is 24.9 Å². The molecule has 3 aliphatic heterocycles. The smallest absolute Gasteiger partial charge is 0.414 e. The summed E-state index contributed by atoms with van der Waals surface area (Å²) in [6.45, 7) is 0.964. The molecule has 0 saturated carbocycles. The fraction of sp³-hybridized carbons (Fsp3) is 0.228. The van der Waals surface area contributed by atoms with Crippen LogP contribution in [0, 0.1) is 30.3 Å². The van der Waals surface area contributed by atoms with Gasteiger partial charge in [-0.25, -0.2) is 14.4 Å². The van der Waals surface area contributed by atoms with E-state index < -0.39 is 45.3 Å². The summed E-state index contributed by atoms with van der Waals surface area (Å²) in [7, 11) is 0. The highest BCUT2D eigenvalue weighted by molar-refractivity contribution is 7.18. The number of thiophene rings is 2. The number of anilines is 4. The summed E-state index contributed by atoms with van der Waals surface area (Å²) >= 11 is 14.1. The third kappa shape index (κ3) is 18.6. The Hall–Kier alpha value is -9.34. The monoisotopic (exact) mass is 1240 g/mol. The number of halogens is 2. The third-order valence-corrected chi connectivity index (χ3v) is 15.1. The average Bonchev–Trinajstić information content (AvgIpc) is 3.70. The number of rotatable bonds is 19. The van der Waals surface area contributed by atoms with E-state index >= 15 is 0 Å². The summed E-state index contributed by atoms with van der Waals surface area (Å²) in [6.07, 6.45) is -1.14. The number of cyclic esters (lactones) is 3. The topological polar surface area (TPSA) is 325 Å². The van der Waals surface area contributed by atoms with Gasteiger partial charge in [-0.1, -0.05) is 65.7 Å². The number of nitrogens with zero attached hydrogens (tertiary/aromatic N) is 6. The first-order chi connectivity index (χ1) is 40.7. The predicted molar refractivity (Wildman–Crippen MR) is 316 cm³/mol. The van der Waals surface area contributed by atoms with E-state index in [2.05, 4.69) is 0 Å². The maximum absolute atomic E-state index is 12.1. The number of ketones is 2. The maximum atomic E-state index is 12.1. The number of nitro groups is 3. The number of amides is 3. The number of ether oxygens (including phenoxy) is 4. The zero-order valence-electron chi connectivity index (χ0n) is 44.5. The Morgan fingerprint density at radius 3 is 1.28 bits per heavy atom. The first-order valence-corrected chi connectivity index (χ1v) is 28.0. The highest BCUT2D eigenvalue weighted by atomic mass is 35.5. The number of nitrogens with two attached hydrogens (primary N) is 1. The minimum absolute atomic E-state index is 0.00593. The maximum Gasteiger partial charge on any atom is 0.414 e. The van der Waals surface area contributed by atoms with Gasteiger partial charge in [0.15, 0.2) is 11.6 Å². The van der Waals surface area contributed by atoms with Crippen molar-refractivity contribution >= 4 is 122 Å². The molecule has 0 radical (unpaired) electrons. The van der Waals surface area contributed by atoms with Crippen molar-refractivity contribution in [1.82, 2.24) is 0 Å². The molecule has 5 aromatic carbocycles. The zero-order chi connectivity index (χ0) is 61.2. The van der Waals surface area contributed by atoms with Crippen LogP contribution >= 0.6 is 45.9 Å². The van der Waals surface area contributed by atoms with Crippen molar-refractivity contribution in [3.63, 3.8) is 0 Å². The molecule has 85 heavy (non-hydrogen) atoms. The van der Waals surface area contributed by atoms with Gasteiger partial charge < -0.3 is 29.8 Å². The lowest BCUT2D eigenvalue weighted by Crippen LogP contribution is -2.25. The number of esters is 1. The number of benzene rings is 5. The number of Topliss-reactive ketones (excluding diaryl/α,β-unsaturated/α-hetero) is 2. The Morgan fingerprint density at radius 1 is 0.541 bits per heavy atom. The van der Waals surface area contributed by atoms with Crippen LogP contribution in [0.5, 0.6) is 0 Å². The Kier molecular flexibility index (Phi) is 22.5. The second-order valence-electron chi connectivity index (χ2n) is 18.5. The lowest BCUT2D eigenvalue weighted by Gasteiger charge is -2.12. The van der Waals surface area contributed by atoms with E-state index in [0.717, 1.165) is 11.3 Å². The summed E-state index contributed by atoms with van der Waals surface area (Å²) in [5, 5.41) is 40.5. The van der Waals surface area contributed by atoms with E-state index in [0.29, 0.717) is 73.4 Å². The molecule has 0 spiro atoms. The second-order valence-corrected chi connectivity index (χ2v) is 22.0. The molecule has 3 aliphatic rings. The van der Waals surface area contributed by atoms with Crippen molar-refractivity contribution in [2.45, 2.75) is 57.0 Å². The number of non-ortho nitro benzene ring substituents is 3. The van der Waals surface area contributed by atoms with E-state index in [9.17, 15) is 59.1 Å². The summed E-state index contributed by atoms with van der Waals surface area (Å²) in [5.74, 6) is -0.381. The molecule has 3 amide bonds. The average molecular weight is 1240 g/mol. The van der Waals surface area contributed by atoms with E-state index in [4.69, 9.17) is 53.0 Å². The molecule has 24 nitrogen and oxygen atoms in total. The van der Waals surface area contributed by atoms with Gasteiger partial charge in [0, 0.05) is 72.0 Å². The third-order valence-electron chi connectivity index (χ3n) is 12.6. The number of hydrogen-bond acceptors (Lipinski definition) is 20. The van der Waals surface area contributed by atoms with Crippen molar-refractivity contribution in [3.8, 4) is 0 Å². The van der Waals surface area contributed by atoms with Gasteiger partial charge in [-0.05, 0) is 96.8 Å². The number of aliphatic hydroxyl groups excluding tert-OH is 1. The van der Waals surface area contributed by atoms with Crippen LogP contribution in [0.3, 0.4) is 0 Å².